The molecule has 3 aromatic rings. The van der Waals surface area contributed by atoms with E-state index in [1.165, 1.54) is 17.1 Å². The third kappa shape index (κ3) is 6.03. The third-order valence-electron chi connectivity index (χ3n) is 4.74. The molecule has 0 atom stereocenters. The van der Waals surface area contributed by atoms with E-state index in [1.54, 1.807) is 7.11 Å². The summed E-state index contributed by atoms with van der Waals surface area (Å²) in [6.45, 7) is 6.81. The number of benzene rings is 2. The van der Waals surface area contributed by atoms with Gasteiger partial charge in [-0.2, -0.15) is 4.37 Å². The van der Waals surface area contributed by atoms with Crippen LogP contribution in [0.5, 0.6) is 5.75 Å². The summed E-state index contributed by atoms with van der Waals surface area (Å²) in [6, 6.07) is 16.0. The quantitative estimate of drug-likeness (QED) is 0.540. The first-order valence-corrected chi connectivity index (χ1v) is 10.8. The number of carbonyl (C=O) groups is 1. The number of aromatic nitrogens is 2. The summed E-state index contributed by atoms with van der Waals surface area (Å²) in [4.78, 5) is 19.2. The van der Waals surface area contributed by atoms with Gasteiger partial charge in [0, 0.05) is 42.6 Å². The van der Waals surface area contributed by atoms with Crippen LogP contribution in [0.3, 0.4) is 0 Å². The van der Waals surface area contributed by atoms with E-state index >= 15 is 0 Å². The van der Waals surface area contributed by atoms with E-state index in [0.717, 1.165) is 28.0 Å². The Hall–Kier alpha value is -2.93. The maximum atomic E-state index is 12.4. The molecule has 1 aromatic heterocycles. The molecule has 6 nitrogen and oxygen atoms in total. The minimum absolute atomic E-state index is 0.00868. The number of carbonyl (C=O) groups excluding carboxylic acids is 1. The molecular weight excluding hydrogens is 396 g/mol. The van der Waals surface area contributed by atoms with E-state index < -0.39 is 0 Å². The van der Waals surface area contributed by atoms with Gasteiger partial charge in [-0.05, 0) is 50.6 Å². The molecule has 3 rings (SSSR count). The number of rotatable bonds is 9. The Bertz CT molecular complexity index is 969. The summed E-state index contributed by atoms with van der Waals surface area (Å²) in [7, 11) is 1.66. The zero-order valence-corrected chi connectivity index (χ0v) is 18.7. The van der Waals surface area contributed by atoms with Crippen molar-refractivity contribution in [2.45, 2.75) is 39.7 Å². The lowest BCUT2D eigenvalue weighted by atomic mass is 10.1. The lowest BCUT2D eigenvalue weighted by molar-refractivity contribution is -0.116. The van der Waals surface area contributed by atoms with Gasteiger partial charge in [-0.3, -0.25) is 4.79 Å². The molecule has 0 aliphatic heterocycles. The standard InChI is InChI=1S/C23H28N4O2S/c1-16(2)27(13-12-22(28)24-19-10-8-17(3)9-11-19)23-25-21(26-30-23)15-18-6-5-7-20(14-18)29-4/h5-11,14,16H,12-13,15H2,1-4H3,(H,24,28). The van der Waals surface area contributed by atoms with Crippen LogP contribution in [0.4, 0.5) is 10.8 Å². The van der Waals surface area contributed by atoms with Crippen molar-refractivity contribution in [3.05, 3.63) is 65.5 Å². The van der Waals surface area contributed by atoms with Gasteiger partial charge in [-0.15, -0.1) is 0 Å². The fourth-order valence-corrected chi connectivity index (χ4v) is 3.90. The maximum Gasteiger partial charge on any atom is 0.226 e. The highest BCUT2D eigenvalue weighted by molar-refractivity contribution is 7.09. The highest BCUT2D eigenvalue weighted by atomic mass is 32.1. The Morgan fingerprint density at radius 3 is 2.67 bits per heavy atom. The zero-order chi connectivity index (χ0) is 21.5. The van der Waals surface area contributed by atoms with Crippen molar-refractivity contribution in [2.75, 3.05) is 23.9 Å². The van der Waals surface area contributed by atoms with Crippen molar-refractivity contribution in [3.8, 4) is 5.75 Å². The highest BCUT2D eigenvalue weighted by Gasteiger charge is 2.17. The summed E-state index contributed by atoms with van der Waals surface area (Å²) in [5, 5.41) is 3.79. The first-order valence-electron chi connectivity index (χ1n) is 10.0. The molecule has 1 heterocycles. The van der Waals surface area contributed by atoms with Crippen LogP contribution in [-0.2, 0) is 11.2 Å². The minimum atomic E-state index is -0.00868. The topological polar surface area (TPSA) is 67.3 Å². The predicted molar refractivity (Wildman–Crippen MR) is 123 cm³/mol. The van der Waals surface area contributed by atoms with Crippen molar-refractivity contribution in [1.29, 1.82) is 0 Å². The monoisotopic (exact) mass is 424 g/mol. The Balaban J connectivity index is 1.60. The first kappa shape index (κ1) is 21.8. The van der Waals surface area contributed by atoms with Crippen molar-refractivity contribution < 1.29 is 9.53 Å². The van der Waals surface area contributed by atoms with Gasteiger partial charge in [-0.1, -0.05) is 29.8 Å². The van der Waals surface area contributed by atoms with Crippen LogP contribution < -0.4 is 15.0 Å². The van der Waals surface area contributed by atoms with Crippen LogP contribution in [0.25, 0.3) is 0 Å². The summed E-state index contributed by atoms with van der Waals surface area (Å²) in [6.07, 6.45) is 1.03. The molecule has 1 N–H and O–H groups in total. The van der Waals surface area contributed by atoms with Gasteiger partial charge in [0.1, 0.15) is 11.6 Å². The van der Waals surface area contributed by atoms with E-state index in [9.17, 15) is 4.79 Å². The zero-order valence-electron chi connectivity index (χ0n) is 17.9. The molecule has 0 radical (unpaired) electrons. The normalized spacial score (nSPS) is 10.8. The molecule has 0 fully saturated rings. The molecule has 0 bridgehead atoms. The van der Waals surface area contributed by atoms with Gasteiger partial charge < -0.3 is 15.0 Å². The number of nitrogens with one attached hydrogen (secondary N) is 1. The average molecular weight is 425 g/mol. The molecule has 0 unspecified atom stereocenters. The Kier molecular flexibility index (Phi) is 7.41. The van der Waals surface area contributed by atoms with Gasteiger partial charge in [0.2, 0.25) is 11.0 Å². The van der Waals surface area contributed by atoms with E-state index in [-0.39, 0.29) is 11.9 Å². The summed E-state index contributed by atoms with van der Waals surface area (Å²) < 4.78 is 9.81. The number of amides is 1. The van der Waals surface area contributed by atoms with Crippen LogP contribution in [-0.4, -0.2) is 35.0 Å². The lowest BCUT2D eigenvalue weighted by Gasteiger charge is -2.25. The van der Waals surface area contributed by atoms with Crippen LogP contribution >= 0.6 is 11.5 Å². The molecule has 158 valence electrons. The number of hydrogen-bond acceptors (Lipinski definition) is 6. The molecule has 0 aliphatic rings. The molecule has 0 aliphatic carbocycles. The maximum absolute atomic E-state index is 12.4. The van der Waals surface area contributed by atoms with Gasteiger partial charge in [0.05, 0.1) is 7.11 Å². The second-order valence-corrected chi connectivity index (χ2v) is 8.20. The van der Waals surface area contributed by atoms with Gasteiger partial charge in [-0.25, -0.2) is 4.98 Å². The molecule has 30 heavy (non-hydrogen) atoms. The van der Waals surface area contributed by atoms with E-state index in [2.05, 4.69) is 28.4 Å². The number of nitrogens with zero attached hydrogens (tertiary/aromatic N) is 3. The highest BCUT2D eigenvalue weighted by Crippen LogP contribution is 2.22. The fraction of sp³-hybridized carbons (Fsp3) is 0.348. The second kappa shape index (κ2) is 10.2. The molecule has 7 heteroatoms. The molecule has 0 saturated heterocycles. The van der Waals surface area contributed by atoms with Crippen LogP contribution in [0.1, 0.15) is 37.2 Å². The number of methoxy groups -OCH3 is 1. The van der Waals surface area contributed by atoms with E-state index in [1.807, 2.05) is 55.5 Å². The molecule has 0 spiro atoms. The predicted octanol–water partition coefficient (Wildman–Crippen LogP) is 4.69. The fourth-order valence-electron chi connectivity index (χ4n) is 3.06. The van der Waals surface area contributed by atoms with Crippen LogP contribution in [0.2, 0.25) is 0 Å². The number of aryl methyl sites for hydroxylation is 1. The molecular formula is C23H28N4O2S. The number of anilines is 2. The molecule has 0 saturated carbocycles. The largest absolute Gasteiger partial charge is 0.497 e. The van der Waals surface area contributed by atoms with E-state index in [0.29, 0.717) is 19.4 Å². The smallest absolute Gasteiger partial charge is 0.226 e. The first-order chi connectivity index (χ1) is 14.4. The molecule has 1 amide bonds. The third-order valence-corrected chi connectivity index (χ3v) is 5.53. The van der Waals surface area contributed by atoms with Crippen molar-refractivity contribution >= 4 is 28.3 Å². The van der Waals surface area contributed by atoms with Crippen molar-refractivity contribution in [3.63, 3.8) is 0 Å². The Morgan fingerprint density at radius 1 is 1.20 bits per heavy atom. The summed E-state index contributed by atoms with van der Waals surface area (Å²) in [5.74, 6) is 1.59. The SMILES string of the molecule is COc1cccc(Cc2nsc(N(CCC(=O)Nc3ccc(C)cc3)C(C)C)n2)c1. The lowest BCUT2D eigenvalue weighted by Crippen LogP contribution is -2.33. The van der Waals surface area contributed by atoms with Crippen LogP contribution in [0.15, 0.2) is 48.5 Å². The summed E-state index contributed by atoms with van der Waals surface area (Å²) >= 11 is 1.37. The average Bonchev–Trinajstić information content (AvgIpc) is 3.17. The van der Waals surface area contributed by atoms with Gasteiger partial charge >= 0.3 is 0 Å². The minimum Gasteiger partial charge on any atom is -0.497 e. The summed E-state index contributed by atoms with van der Waals surface area (Å²) in [5.41, 5.74) is 3.09. The number of hydrogen-bond donors (Lipinski definition) is 1. The second-order valence-electron chi connectivity index (χ2n) is 7.47. The number of ether oxygens (including phenoxy) is 1. The van der Waals surface area contributed by atoms with E-state index in [4.69, 9.17) is 9.72 Å². The van der Waals surface area contributed by atoms with Gasteiger partial charge in [0.25, 0.3) is 0 Å². The van der Waals surface area contributed by atoms with Crippen LogP contribution in [0, 0.1) is 6.92 Å². The Labute approximate surface area is 182 Å². The van der Waals surface area contributed by atoms with Crippen molar-refractivity contribution in [1.82, 2.24) is 9.36 Å². The molecule has 2 aromatic carbocycles. The Morgan fingerprint density at radius 2 is 1.97 bits per heavy atom. The van der Waals surface area contributed by atoms with Gasteiger partial charge in [0.15, 0.2) is 0 Å². The van der Waals surface area contributed by atoms with Crippen molar-refractivity contribution in [2.24, 2.45) is 0 Å².